The smallest absolute Gasteiger partial charge is 0.268 e. The second-order valence-corrected chi connectivity index (χ2v) is 7.91. The monoisotopic (exact) mass is 453 g/mol. The lowest BCUT2D eigenvalue weighted by molar-refractivity contribution is 0.103. The fourth-order valence-electron chi connectivity index (χ4n) is 2.88. The average Bonchev–Trinajstić information content (AvgIpc) is 3.21. The third-order valence-electron chi connectivity index (χ3n) is 4.40. The molecule has 156 valence electrons. The summed E-state index contributed by atoms with van der Waals surface area (Å²) in [6.07, 6.45) is 0. The van der Waals surface area contributed by atoms with Gasteiger partial charge in [-0.2, -0.15) is 0 Å². The van der Waals surface area contributed by atoms with E-state index in [9.17, 15) is 9.18 Å². The molecule has 4 rings (SSSR count). The largest absolute Gasteiger partial charge is 0.497 e. The Kier molecular flexibility index (Phi) is 6.16. The second kappa shape index (κ2) is 9.16. The Morgan fingerprint density at radius 3 is 2.42 bits per heavy atom. The van der Waals surface area contributed by atoms with Crippen LogP contribution in [0.5, 0.6) is 5.75 Å². The Hall–Kier alpha value is -3.42. The van der Waals surface area contributed by atoms with Gasteiger partial charge in [0, 0.05) is 16.9 Å². The molecule has 0 bridgehead atoms. The maximum atomic E-state index is 13.4. The summed E-state index contributed by atoms with van der Waals surface area (Å²) >= 11 is 7.05. The fraction of sp³-hybridized carbons (Fsp3) is 0.0435. The number of amides is 1. The number of halogens is 2. The minimum atomic E-state index is -0.548. The number of hydrogen-bond acceptors (Lipinski definition) is 5. The van der Waals surface area contributed by atoms with Crippen LogP contribution >= 0.6 is 22.9 Å². The second-order valence-electron chi connectivity index (χ2n) is 6.50. The Bertz CT molecular complexity index is 1210. The average molecular weight is 454 g/mol. The third kappa shape index (κ3) is 4.84. The Labute approximate surface area is 187 Å². The lowest BCUT2D eigenvalue weighted by Gasteiger charge is -2.06. The molecule has 8 heteroatoms. The van der Waals surface area contributed by atoms with E-state index in [0.717, 1.165) is 17.0 Å². The van der Waals surface area contributed by atoms with Crippen LogP contribution in [-0.4, -0.2) is 18.0 Å². The molecule has 3 aromatic carbocycles. The van der Waals surface area contributed by atoms with Crippen LogP contribution in [0.3, 0.4) is 0 Å². The molecule has 0 aliphatic rings. The van der Waals surface area contributed by atoms with Gasteiger partial charge in [0.25, 0.3) is 5.91 Å². The molecule has 31 heavy (non-hydrogen) atoms. The van der Waals surface area contributed by atoms with Gasteiger partial charge in [0.1, 0.15) is 16.4 Å². The quantitative estimate of drug-likeness (QED) is 0.345. The molecule has 0 atom stereocenters. The summed E-state index contributed by atoms with van der Waals surface area (Å²) in [5.74, 6) is -0.164. The topological polar surface area (TPSA) is 63.2 Å². The van der Waals surface area contributed by atoms with Crippen molar-refractivity contribution in [3.63, 3.8) is 0 Å². The minimum absolute atomic E-state index is 0.0627. The van der Waals surface area contributed by atoms with Crippen molar-refractivity contribution < 1.29 is 13.9 Å². The third-order valence-corrected chi connectivity index (χ3v) is 5.66. The van der Waals surface area contributed by atoms with E-state index in [-0.39, 0.29) is 10.9 Å². The van der Waals surface area contributed by atoms with E-state index >= 15 is 0 Å². The number of aromatic nitrogens is 1. The number of nitrogens with one attached hydrogen (secondary N) is 2. The number of anilines is 3. The van der Waals surface area contributed by atoms with Crippen LogP contribution in [-0.2, 0) is 0 Å². The highest BCUT2D eigenvalue weighted by atomic mass is 35.5. The molecule has 4 aromatic rings. The molecule has 0 aliphatic carbocycles. The molecule has 0 fully saturated rings. The van der Waals surface area contributed by atoms with E-state index in [1.54, 1.807) is 7.11 Å². The first-order valence-electron chi connectivity index (χ1n) is 9.27. The van der Waals surface area contributed by atoms with Crippen molar-refractivity contribution in [3.8, 4) is 17.0 Å². The van der Waals surface area contributed by atoms with Crippen LogP contribution in [0.15, 0.2) is 72.8 Å². The molecule has 0 aliphatic heterocycles. The predicted molar refractivity (Wildman–Crippen MR) is 123 cm³/mol. The van der Waals surface area contributed by atoms with Gasteiger partial charge in [-0.3, -0.25) is 4.79 Å². The van der Waals surface area contributed by atoms with Crippen molar-refractivity contribution in [1.82, 2.24) is 4.98 Å². The highest BCUT2D eigenvalue weighted by Crippen LogP contribution is 2.34. The van der Waals surface area contributed by atoms with Crippen molar-refractivity contribution >= 4 is 45.4 Å². The number of thiazole rings is 1. The molecule has 0 unspecified atom stereocenters. The Morgan fingerprint density at radius 2 is 1.74 bits per heavy atom. The van der Waals surface area contributed by atoms with Crippen LogP contribution in [0.25, 0.3) is 11.3 Å². The normalized spacial score (nSPS) is 10.5. The zero-order valence-electron chi connectivity index (χ0n) is 16.4. The number of hydrogen-bond donors (Lipinski definition) is 2. The maximum absolute atomic E-state index is 13.4. The van der Waals surface area contributed by atoms with Crippen LogP contribution in [0.2, 0.25) is 5.02 Å². The summed E-state index contributed by atoms with van der Waals surface area (Å²) < 4.78 is 18.6. The minimum Gasteiger partial charge on any atom is -0.497 e. The highest BCUT2D eigenvalue weighted by molar-refractivity contribution is 7.18. The standard InChI is InChI=1S/C23H17ClFN3O2S/c1-30-17-10-7-15(8-11-17)27-23-28-20(14-5-3-2-4-6-14)21(31-23)22(29)26-16-9-12-19(25)18(24)13-16/h2-13H,1H3,(H,26,29)(H,27,28). The van der Waals surface area contributed by atoms with E-state index in [4.69, 9.17) is 16.3 Å². The molecule has 0 saturated heterocycles. The number of carbonyl (C=O) groups excluding carboxylic acids is 1. The molecule has 2 N–H and O–H groups in total. The summed E-state index contributed by atoms with van der Waals surface area (Å²) in [5.41, 5.74) is 2.57. The summed E-state index contributed by atoms with van der Waals surface area (Å²) in [6.45, 7) is 0. The number of methoxy groups -OCH3 is 1. The number of ether oxygens (including phenoxy) is 1. The van der Waals surface area contributed by atoms with Crippen molar-refractivity contribution in [2.75, 3.05) is 17.7 Å². The summed E-state index contributed by atoms with van der Waals surface area (Å²) in [4.78, 5) is 18.1. The number of nitrogens with zero attached hydrogens (tertiary/aromatic N) is 1. The summed E-state index contributed by atoms with van der Waals surface area (Å²) in [6, 6.07) is 20.9. The predicted octanol–water partition coefficient (Wildman–Crippen LogP) is 6.61. The number of carbonyl (C=O) groups is 1. The van der Waals surface area contributed by atoms with Gasteiger partial charge in [-0.1, -0.05) is 53.3 Å². The highest BCUT2D eigenvalue weighted by Gasteiger charge is 2.20. The van der Waals surface area contributed by atoms with Gasteiger partial charge >= 0.3 is 0 Å². The lowest BCUT2D eigenvalue weighted by Crippen LogP contribution is -2.11. The van der Waals surface area contributed by atoms with Crippen molar-refractivity contribution in [2.24, 2.45) is 0 Å². The van der Waals surface area contributed by atoms with Gasteiger partial charge in [-0.15, -0.1) is 0 Å². The van der Waals surface area contributed by atoms with E-state index in [1.807, 2.05) is 54.6 Å². The molecule has 1 amide bonds. The Balaban J connectivity index is 1.65. The van der Waals surface area contributed by atoms with E-state index in [1.165, 1.54) is 29.5 Å². The summed E-state index contributed by atoms with van der Waals surface area (Å²) in [5, 5.41) is 6.49. The zero-order valence-corrected chi connectivity index (χ0v) is 17.9. The van der Waals surface area contributed by atoms with Crippen LogP contribution in [0, 0.1) is 5.82 Å². The Morgan fingerprint density at radius 1 is 1.03 bits per heavy atom. The van der Waals surface area contributed by atoms with Gasteiger partial charge in [-0.05, 0) is 42.5 Å². The summed E-state index contributed by atoms with van der Waals surface area (Å²) in [7, 11) is 1.61. The van der Waals surface area contributed by atoms with Crippen molar-refractivity contribution in [2.45, 2.75) is 0 Å². The molecular formula is C23H17ClFN3O2S. The van der Waals surface area contributed by atoms with Crippen LogP contribution in [0.4, 0.5) is 20.9 Å². The molecule has 1 heterocycles. The van der Waals surface area contributed by atoms with Gasteiger partial charge in [-0.25, -0.2) is 9.37 Å². The van der Waals surface area contributed by atoms with Crippen LogP contribution < -0.4 is 15.4 Å². The molecular weight excluding hydrogens is 437 g/mol. The first-order chi connectivity index (χ1) is 15.0. The molecule has 5 nitrogen and oxygen atoms in total. The first kappa shape index (κ1) is 20.8. The van der Waals surface area contributed by atoms with Gasteiger partial charge in [0.2, 0.25) is 0 Å². The van der Waals surface area contributed by atoms with Crippen molar-refractivity contribution in [1.29, 1.82) is 0 Å². The first-order valence-corrected chi connectivity index (χ1v) is 10.5. The van der Waals surface area contributed by atoms with Gasteiger partial charge in [0.05, 0.1) is 17.8 Å². The fourth-order valence-corrected chi connectivity index (χ4v) is 3.96. The SMILES string of the molecule is COc1ccc(Nc2nc(-c3ccccc3)c(C(=O)Nc3ccc(F)c(Cl)c3)s2)cc1. The van der Waals surface area contributed by atoms with Crippen molar-refractivity contribution in [3.05, 3.63) is 88.5 Å². The molecule has 1 aromatic heterocycles. The van der Waals surface area contributed by atoms with E-state index in [0.29, 0.717) is 21.4 Å². The zero-order chi connectivity index (χ0) is 21.8. The maximum Gasteiger partial charge on any atom is 0.268 e. The number of rotatable bonds is 6. The molecule has 0 radical (unpaired) electrons. The number of benzene rings is 3. The molecule has 0 spiro atoms. The lowest BCUT2D eigenvalue weighted by atomic mass is 10.1. The molecule has 0 saturated carbocycles. The van der Waals surface area contributed by atoms with E-state index in [2.05, 4.69) is 15.6 Å². The van der Waals surface area contributed by atoms with E-state index < -0.39 is 5.82 Å². The van der Waals surface area contributed by atoms with Gasteiger partial charge < -0.3 is 15.4 Å². The van der Waals surface area contributed by atoms with Crippen LogP contribution in [0.1, 0.15) is 9.67 Å². The van der Waals surface area contributed by atoms with Gasteiger partial charge in [0.15, 0.2) is 5.13 Å².